The van der Waals surface area contributed by atoms with Crippen LogP contribution in [0.2, 0.25) is 0 Å². The van der Waals surface area contributed by atoms with Crippen molar-refractivity contribution in [2.24, 2.45) is 5.92 Å². The molecule has 1 aliphatic carbocycles. The minimum absolute atomic E-state index is 0.00183. The van der Waals surface area contributed by atoms with Crippen molar-refractivity contribution < 1.29 is 4.79 Å². The number of rotatable bonds is 3. The molecule has 1 N–H and O–H groups in total. The van der Waals surface area contributed by atoms with Gasteiger partial charge in [-0.25, -0.2) is 4.98 Å². The van der Waals surface area contributed by atoms with Crippen molar-refractivity contribution in [2.45, 2.75) is 31.6 Å². The van der Waals surface area contributed by atoms with E-state index < -0.39 is 0 Å². The molecule has 0 bridgehead atoms. The number of alkyl halides is 1. The van der Waals surface area contributed by atoms with E-state index in [1.165, 1.54) is 11.3 Å². The first-order valence-corrected chi connectivity index (χ1v) is 6.80. The molecule has 88 valence electrons. The molecule has 1 amide bonds. The van der Waals surface area contributed by atoms with Gasteiger partial charge < -0.3 is 5.32 Å². The molecule has 1 saturated carbocycles. The van der Waals surface area contributed by atoms with Crippen LogP contribution in [0, 0.1) is 12.8 Å². The highest BCUT2D eigenvalue weighted by atomic mass is 35.5. The fourth-order valence-corrected chi connectivity index (χ4v) is 3.13. The van der Waals surface area contributed by atoms with Gasteiger partial charge in [0.1, 0.15) is 4.88 Å². The minimum Gasteiger partial charge on any atom is -0.351 e. The third-order valence-electron chi connectivity index (χ3n) is 2.98. The van der Waals surface area contributed by atoms with E-state index in [9.17, 15) is 4.79 Å². The number of halogens is 1. The van der Waals surface area contributed by atoms with Crippen LogP contribution < -0.4 is 5.32 Å². The third kappa shape index (κ3) is 2.74. The highest BCUT2D eigenvalue weighted by Crippen LogP contribution is 2.28. The number of amides is 1. The van der Waals surface area contributed by atoms with Gasteiger partial charge in [-0.05, 0) is 32.1 Å². The predicted octanol–water partition coefficient (Wildman–Crippen LogP) is 2.59. The topological polar surface area (TPSA) is 42.0 Å². The lowest BCUT2D eigenvalue weighted by atomic mass is 10.1. The van der Waals surface area contributed by atoms with E-state index in [0.717, 1.165) is 36.4 Å². The lowest BCUT2D eigenvalue weighted by Gasteiger charge is -2.10. The molecule has 1 aromatic heterocycles. The number of hydrogen-bond donors (Lipinski definition) is 1. The van der Waals surface area contributed by atoms with E-state index in [-0.39, 0.29) is 5.91 Å². The van der Waals surface area contributed by atoms with Crippen molar-refractivity contribution in [3.63, 3.8) is 0 Å². The monoisotopic (exact) mass is 258 g/mol. The van der Waals surface area contributed by atoms with Crippen LogP contribution in [-0.4, -0.2) is 22.8 Å². The Balaban J connectivity index is 1.82. The molecule has 0 spiro atoms. The van der Waals surface area contributed by atoms with Crippen LogP contribution >= 0.6 is 22.9 Å². The second kappa shape index (κ2) is 5.15. The molecule has 3 nitrogen and oxygen atoms in total. The summed E-state index contributed by atoms with van der Waals surface area (Å²) in [6, 6.07) is 0. The maximum atomic E-state index is 11.8. The molecule has 5 heteroatoms. The molecule has 0 saturated heterocycles. The van der Waals surface area contributed by atoms with Gasteiger partial charge in [-0.1, -0.05) is 0 Å². The number of nitrogens with zero attached hydrogens (tertiary/aromatic N) is 1. The molecule has 1 heterocycles. The molecule has 2 unspecified atom stereocenters. The second-order valence-corrected chi connectivity index (χ2v) is 5.73. The summed E-state index contributed by atoms with van der Waals surface area (Å²) in [7, 11) is 0. The van der Waals surface area contributed by atoms with E-state index in [0.29, 0.717) is 11.3 Å². The van der Waals surface area contributed by atoms with Gasteiger partial charge in [0.25, 0.3) is 5.91 Å². The van der Waals surface area contributed by atoms with Gasteiger partial charge in [0.05, 0.1) is 11.2 Å². The van der Waals surface area contributed by atoms with Crippen LogP contribution in [0.5, 0.6) is 0 Å². The highest BCUT2D eigenvalue weighted by Gasteiger charge is 2.23. The smallest absolute Gasteiger partial charge is 0.263 e. The maximum absolute atomic E-state index is 11.8. The zero-order chi connectivity index (χ0) is 11.5. The number of aromatic nitrogens is 1. The lowest BCUT2D eigenvalue weighted by molar-refractivity contribution is 0.0950. The largest absolute Gasteiger partial charge is 0.351 e. The third-order valence-corrected chi connectivity index (χ3v) is 4.30. The Morgan fingerprint density at radius 1 is 1.69 bits per heavy atom. The number of nitrogens with one attached hydrogen (secondary N) is 1. The standard InChI is InChI=1S/C11H15ClN2OS/c1-7-10(16-6-14-7)11(15)13-5-8-2-3-9(12)4-8/h6,8-9H,2-5H2,1H3,(H,13,15). The number of thiazole rings is 1. The molecular formula is C11H15ClN2OS. The van der Waals surface area contributed by atoms with Crippen molar-refractivity contribution in [3.8, 4) is 0 Å². The fraction of sp³-hybridized carbons (Fsp3) is 0.636. The Morgan fingerprint density at radius 3 is 3.06 bits per heavy atom. The molecule has 0 aromatic carbocycles. The van der Waals surface area contributed by atoms with Crippen molar-refractivity contribution in [1.82, 2.24) is 10.3 Å². The van der Waals surface area contributed by atoms with E-state index in [4.69, 9.17) is 11.6 Å². The number of aryl methyl sites for hydroxylation is 1. The van der Waals surface area contributed by atoms with Gasteiger partial charge in [0.2, 0.25) is 0 Å². The van der Waals surface area contributed by atoms with Crippen LogP contribution in [0.25, 0.3) is 0 Å². The summed E-state index contributed by atoms with van der Waals surface area (Å²) >= 11 is 7.42. The van der Waals surface area contributed by atoms with Crippen LogP contribution in [0.3, 0.4) is 0 Å². The predicted molar refractivity (Wildman–Crippen MR) is 66.2 cm³/mol. The zero-order valence-electron chi connectivity index (χ0n) is 9.20. The lowest BCUT2D eigenvalue weighted by Crippen LogP contribution is -2.28. The van der Waals surface area contributed by atoms with E-state index in [1.807, 2.05) is 6.92 Å². The average molecular weight is 259 g/mol. The molecular weight excluding hydrogens is 244 g/mol. The average Bonchev–Trinajstić information content (AvgIpc) is 2.84. The molecule has 2 atom stereocenters. The normalized spacial score (nSPS) is 24.6. The van der Waals surface area contributed by atoms with Gasteiger partial charge in [-0.15, -0.1) is 22.9 Å². The second-order valence-electron chi connectivity index (χ2n) is 4.25. The number of hydrogen-bond acceptors (Lipinski definition) is 3. The Bertz CT molecular complexity index is 380. The molecule has 0 aliphatic heterocycles. The van der Waals surface area contributed by atoms with Crippen LogP contribution in [-0.2, 0) is 0 Å². The molecule has 2 rings (SSSR count). The Morgan fingerprint density at radius 2 is 2.50 bits per heavy atom. The Hall–Kier alpha value is -0.610. The van der Waals surface area contributed by atoms with E-state index in [2.05, 4.69) is 10.3 Å². The van der Waals surface area contributed by atoms with Crippen molar-refractivity contribution in [3.05, 3.63) is 16.1 Å². The van der Waals surface area contributed by atoms with Gasteiger partial charge in [-0.2, -0.15) is 0 Å². The fourth-order valence-electron chi connectivity index (χ4n) is 2.04. The summed E-state index contributed by atoms with van der Waals surface area (Å²) < 4.78 is 0. The molecule has 1 aliphatic rings. The zero-order valence-corrected chi connectivity index (χ0v) is 10.8. The first-order chi connectivity index (χ1) is 7.66. The van der Waals surface area contributed by atoms with E-state index in [1.54, 1.807) is 5.51 Å². The van der Waals surface area contributed by atoms with Crippen molar-refractivity contribution in [2.75, 3.05) is 6.54 Å². The van der Waals surface area contributed by atoms with Crippen molar-refractivity contribution >= 4 is 28.8 Å². The molecule has 1 aromatic rings. The van der Waals surface area contributed by atoms with Crippen LogP contribution in [0.1, 0.15) is 34.6 Å². The number of carbonyl (C=O) groups excluding carboxylic acids is 1. The van der Waals surface area contributed by atoms with Gasteiger partial charge in [0, 0.05) is 11.9 Å². The first-order valence-electron chi connectivity index (χ1n) is 5.49. The van der Waals surface area contributed by atoms with E-state index >= 15 is 0 Å². The van der Waals surface area contributed by atoms with Crippen LogP contribution in [0.15, 0.2) is 5.51 Å². The molecule has 1 fully saturated rings. The van der Waals surface area contributed by atoms with Gasteiger partial charge in [0.15, 0.2) is 0 Å². The summed E-state index contributed by atoms with van der Waals surface area (Å²) in [6.45, 7) is 2.59. The summed E-state index contributed by atoms with van der Waals surface area (Å²) in [5.74, 6) is 0.540. The Labute approximate surface area is 104 Å². The van der Waals surface area contributed by atoms with Crippen LogP contribution in [0.4, 0.5) is 0 Å². The molecule has 16 heavy (non-hydrogen) atoms. The molecule has 0 radical (unpaired) electrons. The minimum atomic E-state index is -0.00183. The number of carbonyl (C=O) groups is 1. The first kappa shape index (κ1) is 11.9. The van der Waals surface area contributed by atoms with Gasteiger partial charge >= 0.3 is 0 Å². The highest BCUT2D eigenvalue weighted by molar-refractivity contribution is 7.11. The summed E-state index contributed by atoms with van der Waals surface area (Å²) in [5, 5.41) is 3.26. The Kier molecular flexibility index (Phi) is 3.82. The summed E-state index contributed by atoms with van der Waals surface area (Å²) in [4.78, 5) is 16.6. The quantitative estimate of drug-likeness (QED) is 0.847. The van der Waals surface area contributed by atoms with Crippen molar-refractivity contribution in [1.29, 1.82) is 0 Å². The summed E-state index contributed by atoms with van der Waals surface area (Å²) in [6.07, 6.45) is 3.21. The van der Waals surface area contributed by atoms with Gasteiger partial charge in [-0.3, -0.25) is 4.79 Å². The SMILES string of the molecule is Cc1ncsc1C(=O)NCC1CCC(Cl)C1. The maximum Gasteiger partial charge on any atom is 0.263 e. The summed E-state index contributed by atoms with van der Waals surface area (Å²) in [5.41, 5.74) is 2.51.